The monoisotopic (exact) mass is 328 g/mol. The first-order valence-electron chi connectivity index (χ1n) is 6.63. The summed E-state index contributed by atoms with van der Waals surface area (Å²) in [7, 11) is 0. The molecule has 11 heteroatoms. The van der Waals surface area contributed by atoms with Crippen LogP contribution in [-0.2, 0) is 13.2 Å². The van der Waals surface area contributed by atoms with Gasteiger partial charge in [-0.2, -0.15) is 4.98 Å². The summed E-state index contributed by atoms with van der Waals surface area (Å²) in [6.45, 7) is -1.63. The summed E-state index contributed by atoms with van der Waals surface area (Å²) >= 11 is 0. The van der Waals surface area contributed by atoms with Crippen LogP contribution in [0.5, 0.6) is 0 Å². The normalized spacial score (nSPS) is 15.5. The van der Waals surface area contributed by atoms with Gasteiger partial charge in [-0.25, -0.2) is 9.78 Å². The number of aliphatic hydroxyl groups excluding tert-OH is 5. The number of nitrogens with one attached hydrogen (secondary N) is 1. The molecule has 126 valence electrons. The van der Waals surface area contributed by atoms with Crippen molar-refractivity contribution < 1.29 is 25.5 Å². The van der Waals surface area contributed by atoms with Gasteiger partial charge < -0.3 is 30.1 Å². The predicted octanol–water partition coefficient (Wildman–Crippen LogP) is -4.00. The van der Waals surface area contributed by atoms with Crippen LogP contribution in [0.15, 0.2) is 15.8 Å². The minimum Gasteiger partial charge on any atom is -0.394 e. The van der Waals surface area contributed by atoms with E-state index < -0.39 is 42.8 Å². The fourth-order valence-corrected chi connectivity index (χ4v) is 2.04. The van der Waals surface area contributed by atoms with Crippen LogP contribution in [0.1, 0.15) is 5.69 Å². The molecule has 2 aliphatic heterocycles. The second-order valence-corrected chi connectivity index (χ2v) is 4.89. The molecule has 0 saturated heterocycles. The number of hydrogen-bond donors (Lipinski definition) is 6. The predicted molar refractivity (Wildman–Crippen MR) is 74.6 cm³/mol. The van der Waals surface area contributed by atoms with Crippen molar-refractivity contribution in [2.24, 2.45) is 0 Å². The zero-order valence-corrected chi connectivity index (χ0v) is 11.8. The Hall–Kier alpha value is -2.18. The number of aromatic amines is 1. The fraction of sp³-hybridized carbons (Fsp3) is 0.500. The molecule has 23 heavy (non-hydrogen) atoms. The molecule has 0 bridgehead atoms. The van der Waals surface area contributed by atoms with Gasteiger partial charge in [0.1, 0.15) is 18.3 Å². The van der Waals surface area contributed by atoms with Crippen LogP contribution in [0, 0.1) is 0 Å². The molecular formula is C12H16N4O7. The quantitative estimate of drug-likeness (QED) is 0.308. The van der Waals surface area contributed by atoms with Gasteiger partial charge in [-0.15, -0.1) is 0 Å². The number of aliphatic hydroxyl groups is 5. The molecule has 2 rings (SSSR count). The highest BCUT2D eigenvalue weighted by atomic mass is 16.4. The smallest absolute Gasteiger partial charge is 0.349 e. The highest BCUT2D eigenvalue weighted by molar-refractivity contribution is 5.49. The topological polar surface area (TPSA) is 182 Å². The van der Waals surface area contributed by atoms with Crippen molar-refractivity contribution in [2.75, 3.05) is 6.61 Å². The lowest BCUT2D eigenvalue weighted by atomic mass is 10.1. The van der Waals surface area contributed by atoms with Crippen LogP contribution in [0.25, 0.3) is 11.5 Å². The molecule has 0 aromatic rings. The van der Waals surface area contributed by atoms with E-state index in [1.165, 1.54) is 6.20 Å². The molecule has 0 amide bonds. The molecule has 2 heterocycles. The van der Waals surface area contributed by atoms with Gasteiger partial charge in [-0.1, -0.05) is 0 Å². The number of nitrogens with zero attached hydrogens (tertiary/aromatic N) is 3. The Morgan fingerprint density at radius 3 is 2.43 bits per heavy atom. The lowest BCUT2D eigenvalue weighted by Crippen LogP contribution is -2.42. The summed E-state index contributed by atoms with van der Waals surface area (Å²) in [5.74, 6) is -0.152. The van der Waals surface area contributed by atoms with E-state index in [-0.39, 0.29) is 23.8 Å². The van der Waals surface area contributed by atoms with E-state index in [1.807, 2.05) is 4.98 Å². The lowest BCUT2D eigenvalue weighted by Gasteiger charge is -2.23. The number of aromatic nitrogens is 4. The third-order valence-electron chi connectivity index (χ3n) is 3.21. The number of H-pyrrole nitrogens is 1. The molecule has 11 nitrogen and oxygen atoms in total. The van der Waals surface area contributed by atoms with Crippen LogP contribution < -0.4 is 11.2 Å². The van der Waals surface area contributed by atoms with Crippen molar-refractivity contribution >= 4 is 0 Å². The van der Waals surface area contributed by atoms with E-state index in [0.717, 1.165) is 4.57 Å². The summed E-state index contributed by atoms with van der Waals surface area (Å²) in [5.41, 5.74) is -1.87. The SMILES string of the molecule is O=c1nc2n(C[C@@H](O)[C@H](O)[C@H](O)CO)cc(CO)nc-2c(=O)[nH]1. The third-order valence-corrected chi connectivity index (χ3v) is 3.21. The maximum Gasteiger partial charge on any atom is 0.349 e. The van der Waals surface area contributed by atoms with Gasteiger partial charge in [0, 0.05) is 6.20 Å². The molecule has 0 saturated carbocycles. The molecule has 0 unspecified atom stereocenters. The summed E-state index contributed by atoms with van der Waals surface area (Å²) in [4.78, 5) is 32.5. The fourth-order valence-electron chi connectivity index (χ4n) is 2.04. The Bertz CT molecular complexity index is 758. The zero-order chi connectivity index (χ0) is 17.1. The first kappa shape index (κ1) is 17.2. The molecule has 0 spiro atoms. The molecule has 6 N–H and O–H groups in total. The summed E-state index contributed by atoms with van der Waals surface area (Å²) in [5, 5.41) is 46.9. The minimum absolute atomic E-state index is 0.0767. The van der Waals surface area contributed by atoms with Crippen LogP contribution >= 0.6 is 0 Å². The maximum atomic E-state index is 11.8. The van der Waals surface area contributed by atoms with Crippen molar-refractivity contribution in [1.82, 2.24) is 19.5 Å². The van der Waals surface area contributed by atoms with Crippen LogP contribution in [0.3, 0.4) is 0 Å². The zero-order valence-electron chi connectivity index (χ0n) is 11.8. The first-order valence-corrected chi connectivity index (χ1v) is 6.63. The van der Waals surface area contributed by atoms with Gasteiger partial charge in [-0.3, -0.25) is 9.78 Å². The van der Waals surface area contributed by atoms with Gasteiger partial charge in [0.15, 0.2) is 11.5 Å². The Balaban J connectivity index is 2.47. The maximum absolute atomic E-state index is 11.8. The third kappa shape index (κ3) is 3.60. The number of hydrogen-bond acceptors (Lipinski definition) is 9. The average molecular weight is 328 g/mol. The Kier molecular flexibility index (Phi) is 5.18. The molecular weight excluding hydrogens is 312 g/mol. The van der Waals surface area contributed by atoms with E-state index in [2.05, 4.69) is 9.97 Å². The highest BCUT2D eigenvalue weighted by Crippen LogP contribution is 2.14. The minimum atomic E-state index is -1.66. The van der Waals surface area contributed by atoms with E-state index in [4.69, 9.17) is 5.11 Å². The van der Waals surface area contributed by atoms with Crippen LogP contribution in [-0.4, -0.2) is 70.0 Å². The Labute approximate surface area is 128 Å². The van der Waals surface area contributed by atoms with E-state index in [0.29, 0.717) is 0 Å². The largest absolute Gasteiger partial charge is 0.394 e. The highest BCUT2D eigenvalue weighted by Gasteiger charge is 2.26. The Morgan fingerprint density at radius 2 is 1.83 bits per heavy atom. The Morgan fingerprint density at radius 1 is 1.13 bits per heavy atom. The average Bonchev–Trinajstić information content (AvgIpc) is 2.53. The summed E-state index contributed by atoms with van der Waals surface area (Å²) < 4.78 is 1.16. The van der Waals surface area contributed by atoms with E-state index in [1.54, 1.807) is 0 Å². The molecule has 0 fully saturated rings. The summed E-state index contributed by atoms with van der Waals surface area (Å²) in [6, 6.07) is 0. The van der Waals surface area contributed by atoms with Gasteiger partial charge in [-0.05, 0) is 0 Å². The van der Waals surface area contributed by atoms with Crippen molar-refractivity contribution in [3.05, 3.63) is 32.7 Å². The molecule has 0 radical (unpaired) electrons. The standard InChI is InChI=1S/C12H16N4O7/c17-3-5-1-16(2-6(19)9(21)7(20)4-18)10-8(13-5)11(22)15-12(23)14-10/h1,6-7,9,17-21H,2-4H2,(H,15,22,23)/t6-,7-,9+/m1/s1. The molecule has 2 aliphatic rings. The molecule has 0 aromatic heterocycles. The van der Waals surface area contributed by atoms with Gasteiger partial charge >= 0.3 is 5.69 Å². The molecule has 0 aliphatic carbocycles. The van der Waals surface area contributed by atoms with Crippen molar-refractivity contribution in [3.63, 3.8) is 0 Å². The van der Waals surface area contributed by atoms with Crippen LogP contribution in [0.4, 0.5) is 0 Å². The van der Waals surface area contributed by atoms with Crippen molar-refractivity contribution in [3.8, 4) is 11.5 Å². The van der Waals surface area contributed by atoms with E-state index >= 15 is 0 Å². The molecule has 0 aromatic carbocycles. The molecule has 3 atom stereocenters. The van der Waals surface area contributed by atoms with Crippen molar-refractivity contribution in [2.45, 2.75) is 31.5 Å². The van der Waals surface area contributed by atoms with Gasteiger partial charge in [0.05, 0.1) is 25.5 Å². The van der Waals surface area contributed by atoms with Crippen LogP contribution in [0.2, 0.25) is 0 Å². The van der Waals surface area contributed by atoms with Gasteiger partial charge in [0.25, 0.3) is 5.56 Å². The lowest BCUT2D eigenvalue weighted by molar-refractivity contribution is -0.0806. The first-order chi connectivity index (χ1) is 10.9. The number of fused-ring (bicyclic) bond motifs is 1. The van der Waals surface area contributed by atoms with Gasteiger partial charge in [0.2, 0.25) is 0 Å². The second kappa shape index (κ2) is 6.93. The van der Waals surface area contributed by atoms with E-state index in [9.17, 15) is 30.0 Å². The van der Waals surface area contributed by atoms with Crippen molar-refractivity contribution in [1.29, 1.82) is 0 Å². The second-order valence-electron chi connectivity index (χ2n) is 4.89. The summed E-state index contributed by atoms with van der Waals surface area (Å²) in [6.07, 6.45) is -3.52. The number of rotatable bonds is 6.